The van der Waals surface area contributed by atoms with Crippen LogP contribution in [0.4, 0.5) is 5.82 Å². The number of fused-ring (bicyclic) bond motifs is 1. The molecule has 0 saturated heterocycles. The fraction of sp³-hybridized carbons (Fsp3) is 0.381. The summed E-state index contributed by atoms with van der Waals surface area (Å²) in [7, 11) is 4.33. The van der Waals surface area contributed by atoms with Gasteiger partial charge >= 0.3 is 0 Å². The number of hydrogen-bond acceptors (Lipinski definition) is 5. The largest absolute Gasteiger partial charge is 0.365 e. The van der Waals surface area contributed by atoms with Crippen molar-refractivity contribution < 1.29 is 0 Å². The minimum Gasteiger partial charge on any atom is -0.365 e. The second-order valence-corrected chi connectivity index (χ2v) is 7.82. The highest BCUT2D eigenvalue weighted by Crippen LogP contribution is 2.30. The van der Waals surface area contributed by atoms with Crippen LogP contribution >= 0.6 is 11.6 Å². The molecule has 0 spiro atoms. The summed E-state index contributed by atoms with van der Waals surface area (Å²) in [5, 5.41) is 4.31. The van der Waals surface area contributed by atoms with Gasteiger partial charge in [-0.1, -0.05) is 17.7 Å². The first-order valence-electron chi connectivity index (χ1n) is 9.42. The zero-order chi connectivity index (χ0) is 18.8. The van der Waals surface area contributed by atoms with Crippen molar-refractivity contribution in [3.63, 3.8) is 0 Å². The molecular formula is C21H24ClN5. The molecular weight excluding hydrogens is 358 g/mol. The molecule has 1 aromatic carbocycles. The van der Waals surface area contributed by atoms with Gasteiger partial charge in [-0.2, -0.15) is 0 Å². The van der Waals surface area contributed by atoms with Gasteiger partial charge in [0.25, 0.3) is 0 Å². The molecule has 0 amide bonds. The van der Waals surface area contributed by atoms with E-state index in [1.165, 1.54) is 12.8 Å². The molecule has 0 aliphatic heterocycles. The van der Waals surface area contributed by atoms with Gasteiger partial charge in [-0.05, 0) is 70.1 Å². The molecule has 6 heteroatoms. The van der Waals surface area contributed by atoms with Crippen molar-refractivity contribution in [2.24, 2.45) is 0 Å². The summed E-state index contributed by atoms with van der Waals surface area (Å²) < 4.78 is 0. The second-order valence-electron chi connectivity index (χ2n) is 7.38. The molecule has 3 aromatic rings. The van der Waals surface area contributed by atoms with E-state index in [2.05, 4.69) is 29.3 Å². The van der Waals surface area contributed by atoms with Gasteiger partial charge in [-0.25, -0.2) is 9.97 Å². The summed E-state index contributed by atoms with van der Waals surface area (Å²) in [6.07, 6.45) is 6.43. The van der Waals surface area contributed by atoms with E-state index in [4.69, 9.17) is 21.6 Å². The molecule has 1 aliphatic rings. The van der Waals surface area contributed by atoms with Crippen LogP contribution in [0.25, 0.3) is 22.4 Å². The molecule has 2 aromatic heterocycles. The second kappa shape index (κ2) is 7.79. The van der Waals surface area contributed by atoms with Gasteiger partial charge < -0.3 is 10.2 Å². The normalized spacial score (nSPS) is 20.1. The number of aromatic nitrogens is 3. The summed E-state index contributed by atoms with van der Waals surface area (Å²) in [6.45, 7) is 0. The van der Waals surface area contributed by atoms with Crippen molar-refractivity contribution in [2.45, 2.75) is 37.8 Å². The predicted molar refractivity (Wildman–Crippen MR) is 111 cm³/mol. The van der Waals surface area contributed by atoms with Crippen LogP contribution in [0.15, 0.2) is 42.6 Å². The predicted octanol–water partition coefficient (Wildman–Crippen LogP) is 4.63. The van der Waals surface area contributed by atoms with Crippen LogP contribution < -0.4 is 5.32 Å². The topological polar surface area (TPSA) is 53.9 Å². The van der Waals surface area contributed by atoms with Crippen molar-refractivity contribution >= 4 is 28.5 Å². The molecule has 2 heterocycles. The maximum absolute atomic E-state index is 6.15. The molecule has 0 radical (unpaired) electrons. The van der Waals surface area contributed by atoms with E-state index in [1.54, 1.807) is 6.20 Å². The molecule has 1 saturated carbocycles. The molecule has 1 fully saturated rings. The van der Waals surface area contributed by atoms with Crippen molar-refractivity contribution in [3.05, 3.63) is 47.6 Å². The Morgan fingerprint density at radius 2 is 1.81 bits per heavy atom. The third kappa shape index (κ3) is 4.04. The van der Waals surface area contributed by atoms with Crippen LogP contribution in [0.5, 0.6) is 0 Å². The lowest BCUT2D eigenvalue weighted by Gasteiger charge is -2.33. The monoisotopic (exact) mass is 381 g/mol. The standard InChI is InChI=1S/C21H24ClN5/c1-27(2)16-9-7-15(8-10-16)24-21-20(18-5-3-4-12-23-18)25-19-13-14(22)6-11-17(19)26-21/h3-6,11-13,15-16H,7-10H2,1-2H3,(H,24,26). The van der Waals surface area contributed by atoms with Gasteiger partial charge in [-0.3, -0.25) is 4.98 Å². The lowest BCUT2D eigenvalue weighted by molar-refractivity contribution is 0.221. The maximum atomic E-state index is 6.15. The van der Waals surface area contributed by atoms with Crippen molar-refractivity contribution in [3.8, 4) is 11.4 Å². The van der Waals surface area contributed by atoms with E-state index >= 15 is 0 Å². The van der Waals surface area contributed by atoms with Crippen LogP contribution in [-0.2, 0) is 0 Å². The van der Waals surface area contributed by atoms with E-state index in [0.717, 1.165) is 41.1 Å². The van der Waals surface area contributed by atoms with Crippen LogP contribution in [0, 0.1) is 0 Å². The smallest absolute Gasteiger partial charge is 0.155 e. The molecule has 140 valence electrons. The molecule has 0 bridgehead atoms. The van der Waals surface area contributed by atoms with E-state index in [-0.39, 0.29) is 0 Å². The van der Waals surface area contributed by atoms with Crippen LogP contribution in [-0.4, -0.2) is 46.0 Å². The van der Waals surface area contributed by atoms with E-state index < -0.39 is 0 Å². The van der Waals surface area contributed by atoms with Gasteiger partial charge in [0.1, 0.15) is 5.69 Å². The SMILES string of the molecule is CN(C)C1CCC(Nc2nc3ccc(Cl)cc3nc2-c2ccccn2)CC1. The summed E-state index contributed by atoms with van der Waals surface area (Å²) in [6, 6.07) is 12.5. The third-order valence-electron chi connectivity index (χ3n) is 5.30. The summed E-state index contributed by atoms with van der Waals surface area (Å²) >= 11 is 6.15. The Morgan fingerprint density at radius 3 is 2.52 bits per heavy atom. The van der Waals surface area contributed by atoms with Crippen molar-refractivity contribution in [2.75, 3.05) is 19.4 Å². The van der Waals surface area contributed by atoms with E-state index in [0.29, 0.717) is 17.1 Å². The summed E-state index contributed by atoms with van der Waals surface area (Å²) in [5.74, 6) is 0.803. The molecule has 5 nitrogen and oxygen atoms in total. The molecule has 0 unspecified atom stereocenters. The highest BCUT2D eigenvalue weighted by Gasteiger charge is 2.24. The average molecular weight is 382 g/mol. The van der Waals surface area contributed by atoms with Gasteiger partial charge in [-0.15, -0.1) is 0 Å². The zero-order valence-electron chi connectivity index (χ0n) is 15.7. The molecule has 1 aliphatic carbocycles. The Balaban J connectivity index is 1.67. The fourth-order valence-corrected chi connectivity index (χ4v) is 3.91. The summed E-state index contributed by atoms with van der Waals surface area (Å²) in [4.78, 5) is 16.5. The maximum Gasteiger partial charge on any atom is 0.155 e. The number of hydrogen-bond donors (Lipinski definition) is 1. The number of anilines is 1. The average Bonchev–Trinajstić information content (AvgIpc) is 2.69. The molecule has 4 rings (SSSR count). The van der Waals surface area contributed by atoms with Crippen molar-refractivity contribution in [1.29, 1.82) is 0 Å². The van der Waals surface area contributed by atoms with Gasteiger partial charge in [0.05, 0.1) is 16.7 Å². The lowest BCUT2D eigenvalue weighted by Crippen LogP contribution is -2.36. The first kappa shape index (κ1) is 18.1. The number of benzene rings is 1. The number of nitrogens with zero attached hydrogens (tertiary/aromatic N) is 4. The molecule has 0 atom stereocenters. The Labute approximate surface area is 164 Å². The number of pyridine rings is 1. The Bertz CT molecular complexity index is 921. The highest BCUT2D eigenvalue weighted by molar-refractivity contribution is 6.31. The van der Waals surface area contributed by atoms with Gasteiger partial charge in [0.15, 0.2) is 5.82 Å². The van der Waals surface area contributed by atoms with Crippen LogP contribution in [0.2, 0.25) is 5.02 Å². The number of nitrogens with one attached hydrogen (secondary N) is 1. The highest BCUT2D eigenvalue weighted by atomic mass is 35.5. The Morgan fingerprint density at radius 1 is 1.00 bits per heavy atom. The molecule has 1 N–H and O–H groups in total. The Hall–Kier alpha value is -2.24. The first-order valence-corrected chi connectivity index (χ1v) is 9.79. The minimum atomic E-state index is 0.405. The van der Waals surface area contributed by atoms with E-state index in [9.17, 15) is 0 Å². The van der Waals surface area contributed by atoms with Crippen LogP contribution in [0.1, 0.15) is 25.7 Å². The van der Waals surface area contributed by atoms with Crippen LogP contribution in [0.3, 0.4) is 0 Å². The minimum absolute atomic E-state index is 0.405. The number of rotatable bonds is 4. The third-order valence-corrected chi connectivity index (χ3v) is 5.54. The van der Waals surface area contributed by atoms with E-state index in [1.807, 2.05) is 36.4 Å². The van der Waals surface area contributed by atoms with Crippen molar-refractivity contribution in [1.82, 2.24) is 19.9 Å². The number of halogens is 1. The quantitative estimate of drug-likeness (QED) is 0.714. The fourth-order valence-electron chi connectivity index (χ4n) is 3.74. The molecule has 27 heavy (non-hydrogen) atoms. The first-order chi connectivity index (χ1) is 13.1. The lowest BCUT2D eigenvalue weighted by atomic mass is 9.90. The van der Waals surface area contributed by atoms with Gasteiger partial charge in [0.2, 0.25) is 0 Å². The zero-order valence-corrected chi connectivity index (χ0v) is 16.4. The van der Waals surface area contributed by atoms with Gasteiger partial charge in [0, 0.05) is 23.3 Å². The Kier molecular flexibility index (Phi) is 5.23. The summed E-state index contributed by atoms with van der Waals surface area (Å²) in [5.41, 5.74) is 3.21.